The Hall–Kier alpha value is -2.81. The van der Waals surface area contributed by atoms with Crippen LogP contribution in [0.25, 0.3) is 17.2 Å². The first-order valence-electron chi connectivity index (χ1n) is 14.7. The minimum absolute atomic E-state index is 0.0890. The molecule has 0 spiro atoms. The fourth-order valence-corrected chi connectivity index (χ4v) is 6.02. The Morgan fingerprint density at radius 3 is 2.66 bits per heavy atom. The van der Waals surface area contributed by atoms with Crippen LogP contribution in [0, 0.1) is 24.2 Å². The summed E-state index contributed by atoms with van der Waals surface area (Å²) in [6, 6.07) is 5.73. The van der Waals surface area contributed by atoms with Gasteiger partial charge < -0.3 is 24.1 Å². The van der Waals surface area contributed by atoms with Crippen LogP contribution in [0.1, 0.15) is 84.6 Å². The number of epoxide rings is 1. The monoisotopic (exact) mass is 567 g/mol. The largest absolute Gasteiger partial charge is 0.458 e. The molecule has 2 aliphatic heterocycles. The summed E-state index contributed by atoms with van der Waals surface area (Å²) in [4.78, 5) is 31.3. The molecular formula is C33H45NO7. The van der Waals surface area contributed by atoms with Gasteiger partial charge in [-0.3, -0.25) is 9.59 Å². The van der Waals surface area contributed by atoms with Gasteiger partial charge in [-0.1, -0.05) is 45.4 Å². The van der Waals surface area contributed by atoms with Gasteiger partial charge in [-0.15, -0.1) is 6.58 Å². The maximum Gasteiger partial charge on any atom is 0.309 e. The van der Waals surface area contributed by atoms with Crippen molar-refractivity contribution in [2.24, 2.45) is 17.3 Å². The quantitative estimate of drug-likeness (QED) is 0.273. The SMILES string of the molecule is C=CC[C@H]1C(=O)C(C)(C)[C@@H](O)CC(=O)O[C@H](/C(C)=C/c2ccc3oc(C)nc3c2)CC2OC2(C)CCC[C@H](C)[C@H]1O. The number of aliphatic hydroxyl groups excluding tert-OH is 2. The summed E-state index contributed by atoms with van der Waals surface area (Å²) < 4.78 is 17.7. The molecule has 224 valence electrons. The van der Waals surface area contributed by atoms with Crippen LogP contribution in [-0.2, 0) is 19.1 Å². The highest BCUT2D eigenvalue weighted by atomic mass is 16.6. The van der Waals surface area contributed by atoms with E-state index in [1.54, 1.807) is 26.8 Å². The number of ketones is 1. The van der Waals surface area contributed by atoms with E-state index in [2.05, 4.69) is 18.5 Å². The molecule has 4 rings (SSSR count). The molecule has 41 heavy (non-hydrogen) atoms. The van der Waals surface area contributed by atoms with E-state index in [0.29, 0.717) is 24.3 Å². The lowest BCUT2D eigenvalue weighted by Gasteiger charge is -2.35. The number of esters is 1. The molecule has 2 N–H and O–H groups in total. The van der Waals surface area contributed by atoms with Gasteiger partial charge in [0.05, 0.1) is 35.7 Å². The number of Topliss-reactive ketones (excluding diaryl/α,β-unsaturated/α-hetero) is 1. The third-order valence-corrected chi connectivity index (χ3v) is 9.07. The molecule has 2 aliphatic rings. The highest BCUT2D eigenvalue weighted by Crippen LogP contribution is 2.45. The van der Waals surface area contributed by atoms with Crippen molar-refractivity contribution < 1.29 is 33.7 Å². The summed E-state index contributed by atoms with van der Waals surface area (Å²) in [5.74, 6) is -1.14. The fraction of sp³-hybridized carbons (Fsp3) is 0.606. The number of fused-ring (bicyclic) bond motifs is 2. The molecule has 8 nitrogen and oxygen atoms in total. The van der Waals surface area contributed by atoms with Crippen molar-refractivity contribution in [3.05, 3.63) is 47.9 Å². The van der Waals surface area contributed by atoms with Crippen molar-refractivity contribution in [2.45, 2.75) is 110 Å². The van der Waals surface area contributed by atoms with E-state index >= 15 is 0 Å². The number of carbonyl (C=O) groups excluding carboxylic acids is 2. The van der Waals surface area contributed by atoms with E-state index in [0.717, 1.165) is 35.9 Å². The van der Waals surface area contributed by atoms with E-state index in [1.165, 1.54) is 0 Å². The van der Waals surface area contributed by atoms with E-state index in [9.17, 15) is 19.8 Å². The maximum atomic E-state index is 13.6. The number of carbonyl (C=O) groups is 2. The number of rotatable bonds is 4. The summed E-state index contributed by atoms with van der Waals surface area (Å²) in [5.41, 5.74) is 1.58. The van der Waals surface area contributed by atoms with Crippen LogP contribution in [0.15, 0.2) is 40.8 Å². The van der Waals surface area contributed by atoms with E-state index in [1.807, 2.05) is 38.1 Å². The summed E-state index contributed by atoms with van der Waals surface area (Å²) in [6.45, 7) is 14.8. The van der Waals surface area contributed by atoms with Gasteiger partial charge in [-0.25, -0.2) is 4.98 Å². The van der Waals surface area contributed by atoms with Crippen molar-refractivity contribution >= 4 is 28.9 Å². The number of nitrogens with zero attached hydrogens (tertiary/aromatic N) is 1. The van der Waals surface area contributed by atoms with Gasteiger partial charge in [0.25, 0.3) is 0 Å². The molecule has 0 bridgehead atoms. The predicted octanol–water partition coefficient (Wildman–Crippen LogP) is 5.72. The molecule has 2 aromatic rings. The van der Waals surface area contributed by atoms with Gasteiger partial charge in [0.1, 0.15) is 17.4 Å². The van der Waals surface area contributed by atoms with E-state index in [4.69, 9.17) is 13.9 Å². The Morgan fingerprint density at radius 1 is 1.22 bits per heavy atom. The number of aliphatic hydroxyl groups is 2. The van der Waals surface area contributed by atoms with Gasteiger partial charge in [0, 0.05) is 19.3 Å². The number of cyclic esters (lactones) is 1. The number of aromatic nitrogens is 1. The van der Waals surface area contributed by atoms with Crippen molar-refractivity contribution in [1.82, 2.24) is 4.98 Å². The number of hydrogen-bond acceptors (Lipinski definition) is 8. The Labute approximate surface area is 242 Å². The van der Waals surface area contributed by atoms with Crippen LogP contribution in [0.5, 0.6) is 0 Å². The Bertz CT molecular complexity index is 1310. The third-order valence-electron chi connectivity index (χ3n) is 9.07. The molecule has 3 heterocycles. The molecular weight excluding hydrogens is 522 g/mol. The average Bonchev–Trinajstić information content (AvgIpc) is 3.37. The van der Waals surface area contributed by atoms with Crippen LogP contribution in [0.4, 0.5) is 0 Å². The third kappa shape index (κ3) is 6.99. The van der Waals surface area contributed by atoms with E-state index < -0.39 is 35.6 Å². The Kier molecular flexibility index (Phi) is 9.26. The van der Waals surface area contributed by atoms with Gasteiger partial charge in [0.15, 0.2) is 11.5 Å². The first-order chi connectivity index (χ1) is 19.2. The normalized spacial score (nSPS) is 33.7. The molecule has 0 saturated carbocycles. The summed E-state index contributed by atoms with van der Waals surface area (Å²) >= 11 is 0. The second-order valence-corrected chi connectivity index (χ2v) is 12.8. The number of aryl methyl sites for hydroxylation is 1. The summed E-state index contributed by atoms with van der Waals surface area (Å²) in [7, 11) is 0. The zero-order chi connectivity index (χ0) is 30.1. The standard InChI is InChI=1S/C33H45NO7/c1-8-10-23-30(37)19(2)11-9-14-33(7)28(41-33)17-26(40-29(36)18-27(35)32(5,6)31(23)38)20(3)15-22-12-13-25-24(16-22)34-21(4)39-25/h8,12-13,15-16,19,23,26-28,30,35,37H,1,9-11,14,17-18H2,2-7H3/b20-15+/t19-,23+,26-,27-,28?,30+,33?/m0/s1. The molecule has 1 aromatic heterocycles. The first-order valence-corrected chi connectivity index (χ1v) is 14.7. The molecule has 0 amide bonds. The fourth-order valence-electron chi connectivity index (χ4n) is 6.02. The highest BCUT2D eigenvalue weighted by molar-refractivity contribution is 5.88. The highest BCUT2D eigenvalue weighted by Gasteiger charge is 2.53. The predicted molar refractivity (Wildman–Crippen MR) is 157 cm³/mol. The lowest BCUT2D eigenvalue weighted by molar-refractivity contribution is -0.154. The molecule has 7 atom stereocenters. The number of oxazole rings is 1. The molecule has 2 fully saturated rings. The van der Waals surface area contributed by atoms with Crippen molar-refractivity contribution in [3.8, 4) is 0 Å². The van der Waals surface area contributed by atoms with Crippen LogP contribution in [-0.4, -0.2) is 57.0 Å². The lowest BCUT2D eigenvalue weighted by Crippen LogP contribution is -2.46. The second kappa shape index (κ2) is 12.2. The Morgan fingerprint density at radius 2 is 1.95 bits per heavy atom. The second-order valence-electron chi connectivity index (χ2n) is 12.8. The number of benzene rings is 1. The van der Waals surface area contributed by atoms with Gasteiger partial charge in [-0.05, 0) is 62.3 Å². The average molecular weight is 568 g/mol. The van der Waals surface area contributed by atoms with E-state index in [-0.39, 0.29) is 29.8 Å². The van der Waals surface area contributed by atoms with Crippen molar-refractivity contribution in [3.63, 3.8) is 0 Å². The minimum Gasteiger partial charge on any atom is -0.458 e. The summed E-state index contributed by atoms with van der Waals surface area (Å²) in [5, 5.41) is 22.3. The maximum absolute atomic E-state index is 13.6. The van der Waals surface area contributed by atoms with Crippen LogP contribution < -0.4 is 0 Å². The van der Waals surface area contributed by atoms with Gasteiger partial charge >= 0.3 is 5.97 Å². The zero-order valence-electron chi connectivity index (χ0n) is 25.2. The zero-order valence-corrected chi connectivity index (χ0v) is 25.2. The summed E-state index contributed by atoms with van der Waals surface area (Å²) in [6.07, 6.45) is 3.54. The van der Waals surface area contributed by atoms with Gasteiger partial charge in [0.2, 0.25) is 0 Å². The number of ether oxygens (including phenoxy) is 2. The molecule has 1 aromatic carbocycles. The number of allylic oxidation sites excluding steroid dienone is 1. The number of hydrogen-bond donors (Lipinski definition) is 2. The topological polar surface area (TPSA) is 122 Å². The molecule has 8 heteroatoms. The lowest BCUT2D eigenvalue weighted by atomic mass is 9.71. The molecule has 0 radical (unpaired) electrons. The smallest absolute Gasteiger partial charge is 0.309 e. The van der Waals surface area contributed by atoms with Crippen LogP contribution in [0.2, 0.25) is 0 Å². The Balaban J connectivity index is 1.61. The van der Waals surface area contributed by atoms with Crippen molar-refractivity contribution in [2.75, 3.05) is 0 Å². The molecule has 2 saturated heterocycles. The van der Waals surface area contributed by atoms with Gasteiger partial charge in [-0.2, -0.15) is 0 Å². The minimum atomic E-state index is -1.28. The van der Waals surface area contributed by atoms with Crippen molar-refractivity contribution in [1.29, 1.82) is 0 Å². The molecule has 0 aliphatic carbocycles. The molecule has 2 unspecified atom stereocenters. The van der Waals surface area contributed by atoms with Crippen LogP contribution in [0.3, 0.4) is 0 Å². The van der Waals surface area contributed by atoms with Crippen LogP contribution >= 0.6 is 0 Å². The first kappa shape index (κ1) is 31.1.